The SMILES string of the molecule is CCCc1noc(CN2CC(C)NC(C)C2)n1. The van der Waals surface area contributed by atoms with Crippen LogP contribution in [0.2, 0.25) is 0 Å². The average molecular weight is 238 g/mol. The molecule has 5 nitrogen and oxygen atoms in total. The molecule has 0 spiro atoms. The second kappa shape index (κ2) is 5.60. The van der Waals surface area contributed by atoms with Crippen molar-refractivity contribution in [3.05, 3.63) is 11.7 Å². The van der Waals surface area contributed by atoms with Crippen molar-refractivity contribution in [2.24, 2.45) is 0 Å². The highest BCUT2D eigenvalue weighted by atomic mass is 16.5. The maximum absolute atomic E-state index is 5.27. The summed E-state index contributed by atoms with van der Waals surface area (Å²) in [4.78, 5) is 6.77. The third-order valence-electron chi connectivity index (χ3n) is 2.98. The Kier molecular flexibility index (Phi) is 4.12. The monoisotopic (exact) mass is 238 g/mol. The van der Waals surface area contributed by atoms with Crippen LogP contribution in [0.5, 0.6) is 0 Å². The molecule has 1 saturated heterocycles. The van der Waals surface area contributed by atoms with Crippen LogP contribution in [0.25, 0.3) is 0 Å². The van der Waals surface area contributed by atoms with E-state index < -0.39 is 0 Å². The van der Waals surface area contributed by atoms with Gasteiger partial charge in [0.25, 0.3) is 0 Å². The van der Waals surface area contributed by atoms with Gasteiger partial charge >= 0.3 is 0 Å². The van der Waals surface area contributed by atoms with Gasteiger partial charge in [0.05, 0.1) is 6.54 Å². The molecule has 1 fully saturated rings. The summed E-state index contributed by atoms with van der Waals surface area (Å²) in [5.74, 6) is 1.58. The van der Waals surface area contributed by atoms with Gasteiger partial charge in [0.2, 0.25) is 5.89 Å². The van der Waals surface area contributed by atoms with Crippen LogP contribution in [0.4, 0.5) is 0 Å². The zero-order valence-corrected chi connectivity index (χ0v) is 10.9. The van der Waals surface area contributed by atoms with Gasteiger partial charge < -0.3 is 9.84 Å². The third-order valence-corrected chi connectivity index (χ3v) is 2.98. The summed E-state index contributed by atoms with van der Waals surface area (Å²) in [5.41, 5.74) is 0. The summed E-state index contributed by atoms with van der Waals surface area (Å²) < 4.78 is 5.27. The van der Waals surface area contributed by atoms with Gasteiger partial charge in [-0.1, -0.05) is 12.1 Å². The van der Waals surface area contributed by atoms with E-state index in [-0.39, 0.29) is 0 Å². The molecule has 0 radical (unpaired) electrons. The third kappa shape index (κ3) is 3.51. The second-order valence-electron chi connectivity index (χ2n) is 5.02. The molecule has 1 N–H and O–H groups in total. The first kappa shape index (κ1) is 12.5. The number of nitrogens with zero attached hydrogens (tertiary/aromatic N) is 3. The molecule has 1 aliphatic heterocycles. The van der Waals surface area contributed by atoms with E-state index in [4.69, 9.17) is 4.52 Å². The zero-order valence-electron chi connectivity index (χ0n) is 10.9. The Balaban J connectivity index is 1.90. The van der Waals surface area contributed by atoms with Gasteiger partial charge in [0, 0.05) is 31.6 Å². The molecule has 2 rings (SSSR count). The maximum atomic E-state index is 5.27. The van der Waals surface area contributed by atoms with Gasteiger partial charge in [-0.3, -0.25) is 4.90 Å². The van der Waals surface area contributed by atoms with Crippen molar-refractivity contribution in [1.82, 2.24) is 20.4 Å². The van der Waals surface area contributed by atoms with E-state index in [1.807, 2.05) is 0 Å². The van der Waals surface area contributed by atoms with E-state index in [1.54, 1.807) is 0 Å². The molecule has 0 aliphatic carbocycles. The molecular weight excluding hydrogens is 216 g/mol. The van der Waals surface area contributed by atoms with E-state index >= 15 is 0 Å². The molecular formula is C12H22N4O. The average Bonchev–Trinajstić information content (AvgIpc) is 2.64. The number of nitrogens with one attached hydrogen (secondary N) is 1. The van der Waals surface area contributed by atoms with Crippen molar-refractivity contribution in [2.75, 3.05) is 13.1 Å². The largest absolute Gasteiger partial charge is 0.338 e. The van der Waals surface area contributed by atoms with Gasteiger partial charge in [0.1, 0.15) is 0 Å². The molecule has 2 unspecified atom stereocenters. The van der Waals surface area contributed by atoms with Crippen molar-refractivity contribution in [1.29, 1.82) is 0 Å². The number of hydrogen-bond donors (Lipinski definition) is 1. The molecule has 1 aliphatic rings. The minimum atomic E-state index is 0.525. The smallest absolute Gasteiger partial charge is 0.240 e. The molecule has 1 aromatic heterocycles. The number of aryl methyl sites for hydroxylation is 1. The highest BCUT2D eigenvalue weighted by Crippen LogP contribution is 2.09. The zero-order chi connectivity index (χ0) is 12.3. The molecule has 0 amide bonds. The van der Waals surface area contributed by atoms with Crippen LogP contribution < -0.4 is 5.32 Å². The molecule has 2 heterocycles. The number of hydrogen-bond acceptors (Lipinski definition) is 5. The quantitative estimate of drug-likeness (QED) is 0.854. The topological polar surface area (TPSA) is 54.2 Å². The van der Waals surface area contributed by atoms with E-state index in [1.165, 1.54) is 0 Å². The molecule has 1 aromatic rings. The lowest BCUT2D eigenvalue weighted by atomic mass is 10.1. The summed E-state index contributed by atoms with van der Waals surface area (Å²) in [6, 6.07) is 1.05. The summed E-state index contributed by atoms with van der Waals surface area (Å²) in [5, 5.41) is 7.49. The van der Waals surface area contributed by atoms with Gasteiger partial charge in [-0.05, 0) is 20.3 Å². The predicted molar refractivity (Wildman–Crippen MR) is 65.6 cm³/mol. The summed E-state index contributed by atoms with van der Waals surface area (Å²) in [6.45, 7) is 9.38. The van der Waals surface area contributed by atoms with Crippen LogP contribution in [0, 0.1) is 0 Å². The Morgan fingerprint density at radius 3 is 2.71 bits per heavy atom. The summed E-state index contributed by atoms with van der Waals surface area (Å²) >= 11 is 0. The van der Waals surface area contributed by atoms with Crippen molar-refractivity contribution in [3.63, 3.8) is 0 Å². The van der Waals surface area contributed by atoms with Crippen LogP contribution in [0.3, 0.4) is 0 Å². The molecule has 0 aromatic carbocycles. The van der Waals surface area contributed by atoms with Gasteiger partial charge in [-0.2, -0.15) is 4.98 Å². The standard InChI is InChI=1S/C12H22N4O/c1-4-5-11-14-12(17-15-11)8-16-6-9(2)13-10(3)7-16/h9-10,13H,4-8H2,1-3H3. The molecule has 96 valence electrons. The number of rotatable bonds is 4. The minimum Gasteiger partial charge on any atom is -0.338 e. The molecule has 17 heavy (non-hydrogen) atoms. The fourth-order valence-electron chi connectivity index (χ4n) is 2.44. The van der Waals surface area contributed by atoms with Crippen molar-refractivity contribution >= 4 is 0 Å². The second-order valence-corrected chi connectivity index (χ2v) is 5.02. The van der Waals surface area contributed by atoms with Gasteiger partial charge in [0.15, 0.2) is 5.82 Å². The molecule has 0 bridgehead atoms. The highest BCUT2D eigenvalue weighted by molar-refractivity contribution is 4.89. The highest BCUT2D eigenvalue weighted by Gasteiger charge is 2.22. The molecule has 2 atom stereocenters. The van der Waals surface area contributed by atoms with Crippen LogP contribution >= 0.6 is 0 Å². The summed E-state index contributed by atoms with van der Waals surface area (Å²) in [7, 11) is 0. The lowest BCUT2D eigenvalue weighted by molar-refractivity contribution is 0.149. The first-order valence-electron chi connectivity index (χ1n) is 6.47. The van der Waals surface area contributed by atoms with E-state index in [0.29, 0.717) is 12.1 Å². The molecule has 0 saturated carbocycles. The Labute approximate surface area is 103 Å². The van der Waals surface area contributed by atoms with Crippen LogP contribution in [-0.4, -0.2) is 40.2 Å². The van der Waals surface area contributed by atoms with Gasteiger partial charge in [-0.15, -0.1) is 0 Å². The minimum absolute atomic E-state index is 0.525. The summed E-state index contributed by atoms with van der Waals surface area (Å²) in [6.07, 6.45) is 1.96. The Morgan fingerprint density at radius 2 is 2.06 bits per heavy atom. The van der Waals surface area contributed by atoms with Crippen LogP contribution in [-0.2, 0) is 13.0 Å². The van der Waals surface area contributed by atoms with Crippen LogP contribution in [0.1, 0.15) is 38.9 Å². The Hall–Kier alpha value is -0.940. The lowest BCUT2D eigenvalue weighted by Gasteiger charge is -2.35. The van der Waals surface area contributed by atoms with Crippen molar-refractivity contribution in [2.45, 2.75) is 52.2 Å². The maximum Gasteiger partial charge on any atom is 0.240 e. The first-order chi connectivity index (χ1) is 8.17. The molecule has 5 heteroatoms. The van der Waals surface area contributed by atoms with E-state index in [2.05, 4.69) is 41.1 Å². The first-order valence-corrected chi connectivity index (χ1v) is 6.47. The Morgan fingerprint density at radius 1 is 1.35 bits per heavy atom. The Bertz CT molecular complexity index is 342. The lowest BCUT2D eigenvalue weighted by Crippen LogP contribution is -2.53. The van der Waals surface area contributed by atoms with Crippen molar-refractivity contribution < 1.29 is 4.52 Å². The van der Waals surface area contributed by atoms with E-state index in [9.17, 15) is 0 Å². The van der Waals surface area contributed by atoms with Crippen LogP contribution in [0.15, 0.2) is 4.52 Å². The predicted octanol–water partition coefficient (Wildman–Crippen LogP) is 1.20. The number of piperazine rings is 1. The van der Waals surface area contributed by atoms with Gasteiger partial charge in [-0.25, -0.2) is 0 Å². The fraction of sp³-hybridized carbons (Fsp3) is 0.833. The normalized spacial score (nSPS) is 26.3. The van der Waals surface area contributed by atoms with E-state index in [0.717, 1.165) is 44.2 Å². The van der Waals surface area contributed by atoms with Crippen molar-refractivity contribution in [3.8, 4) is 0 Å². The number of aromatic nitrogens is 2. The fourth-order valence-corrected chi connectivity index (χ4v) is 2.44.